The van der Waals surface area contributed by atoms with Gasteiger partial charge in [0.25, 0.3) is 0 Å². The van der Waals surface area contributed by atoms with Crippen molar-refractivity contribution in [1.82, 2.24) is 20.2 Å². The largest absolute Gasteiger partial charge is 0.481 e. The monoisotopic (exact) mass is 402 g/mol. The molecular weight excluding hydrogens is 390 g/mol. The Kier molecular flexibility index (Phi) is 3.64. The molecule has 0 atom stereocenters. The number of carboxylic acids is 1. The maximum absolute atomic E-state index is 13.2. The molecule has 0 aliphatic heterocycles. The molecule has 1 heterocycles. The molecule has 1 fully saturated rings. The highest BCUT2D eigenvalue weighted by Crippen LogP contribution is 2.43. The van der Waals surface area contributed by atoms with Gasteiger partial charge in [0.15, 0.2) is 5.82 Å². The van der Waals surface area contributed by atoms with Crippen molar-refractivity contribution in [2.24, 2.45) is 5.41 Å². The summed E-state index contributed by atoms with van der Waals surface area (Å²) in [7, 11) is 0. The van der Waals surface area contributed by atoms with Crippen LogP contribution in [-0.2, 0) is 11.3 Å². The minimum Gasteiger partial charge on any atom is -0.481 e. The minimum atomic E-state index is -0.816. The summed E-state index contributed by atoms with van der Waals surface area (Å²) in [6, 6.07) is 4.34. The fraction of sp³-hybridized carbons (Fsp3) is 0.385. The van der Waals surface area contributed by atoms with E-state index < -0.39 is 11.4 Å². The highest BCUT2D eigenvalue weighted by Gasteiger charge is 2.45. The zero-order valence-electron chi connectivity index (χ0n) is 11.0. The van der Waals surface area contributed by atoms with Crippen LogP contribution in [0, 0.1) is 14.8 Å². The second-order valence-electron chi connectivity index (χ2n) is 5.22. The van der Waals surface area contributed by atoms with Crippen LogP contribution in [0.5, 0.6) is 0 Å². The second-order valence-corrected chi connectivity index (χ2v) is 6.39. The van der Waals surface area contributed by atoms with Gasteiger partial charge in [-0.25, -0.2) is 9.07 Å². The first-order chi connectivity index (χ1) is 10.0. The zero-order chi connectivity index (χ0) is 15.0. The molecule has 1 aliphatic rings. The summed E-state index contributed by atoms with van der Waals surface area (Å²) >= 11 is 2.01. The molecule has 21 heavy (non-hydrogen) atoms. The van der Waals surface area contributed by atoms with E-state index in [9.17, 15) is 14.3 Å². The number of aromatic nitrogens is 4. The molecule has 0 spiro atoms. The predicted octanol–water partition coefficient (Wildman–Crippen LogP) is 2.34. The van der Waals surface area contributed by atoms with E-state index in [-0.39, 0.29) is 12.4 Å². The first kappa shape index (κ1) is 14.4. The lowest BCUT2D eigenvalue weighted by Gasteiger charge is -2.37. The summed E-state index contributed by atoms with van der Waals surface area (Å²) in [5.74, 6) is -0.681. The van der Waals surface area contributed by atoms with Gasteiger partial charge in [0.1, 0.15) is 5.82 Å². The van der Waals surface area contributed by atoms with Crippen molar-refractivity contribution in [3.05, 3.63) is 27.6 Å². The number of hydrogen-bond donors (Lipinski definition) is 1. The number of hydrogen-bond acceptors (Lipinski definition) is 4. The van der Waals surface area contributed by atoms with E-state index in [4.69, 9.17) is 0 Å². The van der Waals surface area contributed by atoms with Crippen LogP contribution < -0.4 is 0 Å². The van der Waals surface area contributed by atoms with E-state index >= 15 is 0 Å². The number of halogens is 2. The van der Waals surface area contributed by atoms with Crippen LogP contribution in [0.4, 0.5) is 4.39 Å². The summed E-state index contributed by atoms with van der Waals surface area (Å²) in [5.41, 5.74) is -0.0860. The molecular formula is C13H12FIN4O2. The Morgan fingerprint density at radius 1 is 1.48 bits per heavy atom. The van der Waals surface area contributed by atoms with Crippen molar-refractivity contribution < 1.29 is 14.3 Å². The SMILES string of the molecule is O=C(O)C1(Cn2nnnc2-c2ccc(F)cc2I)CCC1. The van der Waals surface area contributed by atoms with Gasteiger partial charge in [-0.05, 0) is 64.1 Å². The van der Waals surface area contributed by atoms with Gasteiger partial charge >= 0.3 is 5.97 Å². The van der Waals surface area contributed by atoms with Crippen molar-refractivity contribution >= 4 is 28.6 Å². The Morgan fingerprint density at radius 3 is 2.81 bits per heavy atom. The van der Waals surface area contributed by atoms with Gasteiger partial charge in [0, 0.05) is 9.13 Å². The number of carbonyl (C=O) groups is 1. The molecule has 1 N–H and O–H groups in total. The third-order valence-electron chi connectivity index (χ3n) is 3.92. The summed E-state index contributed by atoms with van der Waals surface area (Å²) < 4.78 is 15.4. The molecule has 0 bridgehead atoms. The lowest BCUT2D eigenvalue weighted by molar-refractivity contribution is -0.156. The summed E-state index contributed by atoms with van der Waals surface area (Å²) in [5, 5.41) is 20.9. The van der Waals surface area contributed by atoms with Crippen LogP contribution in [0.25, 0.3) is 11.4 Å². The van der Waals surface area contributed by atoms with Gasteiger partial charge in [-0.3, -0.25) is 4.79 Å². The van der Waals surface area contributed by atoms with Gasteiger partial charge in [0.2, 0.25) is 0 Å². The second kappa shape index (κ2) is 5.32. The number of benzene rings is 1. The van der Waals surface area contributed by atoms with Gasteiger partial charge in [-0.2, -0.15) is 0 Å². The van der Waals surface area contributed by atoms with E-state index in [2.05, 4.69) is 15.5 Å². The normalized spacial score (nSPS) is 16.5. The van der Waals surface area contributed by atoms with Crippen LogP contribution in [0.2, 0.25) is 0 Å². The van der Waals surface area contributed by atoms with E-state index in [0.717, 1.165) is 6.42 Å². The van der Waals surface area contributed by atoms with E-state index in [1.54, 1.807) is 6.07 Å². The van der Waals surface area contributed by atoms with Crippen molar-refractivity contribution in [2.45, 2.75) is 25.8 Å². The lowest BCUT2D eigenvalue weighted by atomic mass is 9.69. The maximum atomic E-state index is 13.2. The van der Waals surface area contributed by atoms with E-state index in [1.165, 1.54) is 16.8 Å². The zero-order valence-corrected chi connectivity index (χ0v) is 13.1. The van der Waals surface area contributed by atoms with Crippen LogP contribution in [0.1, 0.15) is 19.3 Å². The average Bonchev–Trinajstić information content (AvgIpc) is 2.81. The highest BCUT2D eigenvalue weighted by molar-refractivity contribution is 14.1. The summed E-state index contributed by atoms with van der Waals surface area (Å²) in [6.07, 6.45) is 2.15. The quantitative estimate of drug-likeness (QED) is 0.795. The molecule has 2 aromatic rings. The molecule has 1 aromatic heterocycles. The fourth-order valence-corrected chi connectivity index (χ4v) is 3.22. The van der Waals surface area contributed by atoms with Crippen molar-refractivity contribution in [1.29, 1.82) is 0 Å². The van der Waals surface area contributed by atoms with Crippen LogP contribution >= 0.6 is 22.6 Å². The summed E-state index contributed by atoms with van der Waals surface area (Å²) in [6.45, 7) is 0.234. The molecule has 1 aromatic carbocycles. The standard InChI is InChI=1S/C13H12FIN4O2/c14-8-2-3-9(10(15)6-8)11-16-17-18-19(11)7-13(12(20)21)4-1-5-13/h2-3,6H,1,4-5,7H2,(H,20,21). The Balaban J connectivity index is 1.96. The van der Waals surface area contributed by atoms with E-state index in [1.807, 2.05) is 22.6 Å². The number of nitrogens with zero attached hydrogens (tertiary/aromatic N) is 4. The highest BCUT2D eigenvalue weighted by atomic mass is 127. The molecule has 0 saturated heterocycles. The number of tetrazole rings is 1. The minimum absolute atomic E-state index is 0.234. The third kappa shape index (κ3) is 2.52. The third-order valence-corrected chi connectivity index (χ3v) is 4.81. The first-order valence-corrected chi connectivity index (χ1v) is 7.55. The first-order valence-electron chi connectivity index (χ1n) is 6.47. The molecule has 1 saturated carbocycles. The van der Waals surface area contributed by atoms with Gasteiger partial charge < -0.3 is 5.11 Å². The molecule has 6 nitrogen and oxygen atoms in total. The summed E-state index contributed by atoms with van der Waals surface area (Å²) in [4.78, 5) is 11.5. The molecule has 110 valence electrons. The van der Waals surface area contributed by atoms with E-state index in [0.29, 0.717) is 27.8 Å². The Morgan fingerprint density at radius 2 is 2.24 bits per heavy atom. The Hall–Kier alpha value is -1.58. The van der Waals surface area contributed by atoms with Gasteiger partial charge in [-0.15, -0.1) is 5.10 Å². The average molecular weight is 402 g/mol. The van der Waals surface area contributed by atoms with Gasteiger partial charge in [0.05, 0.1) is 12.0 Å². The molecule has 3 rings (SSSR count). The molecule has 0 radical (unpaired) electrons. The maximum Gasteiger partial charge on any atom is 0.311 e. The van der Waals surface area contributed by atoms with Crippen LogP contribution in [0.15, 0.2) is 18.2 Å². The predicted molar refractivity (Wildman–Crippen MR) is 79.8 cm³/mol. The fourth-order valence-electron chi connectivity index (χ4n) is 2.50. The molecule has 8 heteroatoms. The van der Waals surface area contributed by atoms with Crippen LogP contribution in [-0.4, -0.2) is 31.3 Å². The molecule has 0 unspecified atom stereocenters. The van der Waals surface area contributed by atoms with Crippen LogP contribution in [0.3, 0.4) is 0 Å². The Bertz CT molecular complexity index is 699. The van der Waals surface area contributed by atoms with Gasteiger partial charge in [-0.1, -0.05) is 6.42 Å². The molecule has 0 amide bonds. The smallest absolute Gasteiger partial charge is 0.311 e. The van der Waals surface area contributed by atoms with Crippen molar-refractivity contribution in [3.63, 3.8) is 0 Å². The van der Waals surface area contributed by atoms with Crippen molar-refractivity contribution in [2.75, 3.05) is 0 Å². The topological polar surface area (TPSA) is 80.9 Å². The number of aliphatic carboxylic acids is 1. The Labute approximate surface area is 133 Å². The van der Waals surface area contributed by atoms with Crippen molar-refractivity contribution in [3.8, 4) is 11.4 Å². The lowest BCUT2D eigenvalue weighted by Crippen LogP contribution is -2.42. The molecule has 1 aliphatic carbocycles. The number of rotatable bonds is 4. The number of carboxylic acid groups (broad SMARTS) is 1.